The first-order chi connectivity index (χ1) is 6.81. The largest absolute Gasteiger partial charge is 0.340 e. The predicted octanol–water partition coefficient (Wildman–Crippen LogP) is 1.29. The monoisotopic (exact) mass is 187 g/mol. The topological polar surface area (TPSA) is 47.8 Å². The molecule has 4 nitrogen and oxygen atoms in total. The van der Waals surface area contributed by atoms with Crippen molar-refractivity contribution in [3.05, 3.63) is 36.5 Å². The molecule has 2 rings (SSSR count). The summed E-state index contributed by atoms with van der Waals surface area (Å²) in [5.41, 5.74) is 1.96. The molecule has 14 heavy (non-hydrogen) atoms. The summed E-state index contributed by atoms with van der Waals surface area (Å²) in [5.74, 6) is 0. The Labute approximate surface area is 81.2 Å². The average molecular weight is 187 g/mol. The molecular weight excluding hydrogens is 178 g/mol. The number of imidazole rings is 1. The summed E-state index contributed by atoms with van der Waals surface area (Å²) in [6, 6.07) is 3.62. The number of carbonyl (C=O) groups is 1. The third kappa shape index (κ3) is 1.42. The molecule has 0 spiro atoms. The number of pyridine rings is 1. The normalized spacial score (nSPS) is 10.1. The zero-order chi connectivity index (χ0) is 9.97. The molecule has 0 atom stereocenters. The van der Waals surface area contributed by atoms with Crippen molar-refractivity contribution in [1.29, 1.82) is 0 Å². The van der Waals surface area contributed by atoms with Crippen LogP contribution >= 0.6 is 0 Å². The van der Waals surface area contributed by atoms with E-state index in [0.29, 0.717) is 5.69 Å². The zero-order valence-electron chi connectivity index (χ0n) is 7.71. The maximum Gasteiger partial charge on any atom is 0.169 e. The van der Waals surface area contributed by atoms with Gasteiger partial charge in [0.25, 0.3) is 0 Å². The summed E-state index contributed by atoms with van der Waals surface area (Å²) in [6.07, 6.45) is 5.88. The van der Waals surface area contributed by atoms with Gasteiger partial charge in [0.05, 0.1) is 12.0 Å². The van der Waals surface area contributed by atoms with Gasteiger partial charge in [0, 0.05) is 25.0 Å². The molecule has 0 N–H and O–H groups in total. The lowest BCUT2D eigenvalue weighted by Crippen LogP contribution is -1.90. The van der Waals surface area contributed by atoms with Crippen molar-refractivity contribution in [3.63, 3.8) is 0 Å². The molecule has 2 aromatic rings. The smallest absolute Gasteiger partial charge is 0.169 e. The van der Waals surface area contributed by atoms with Gasteiger partial charge in [-0.25, -0.2) is 4.98 Å². The van der Waals surface area contributed by atoms with E-state index in [1.807, 2.05) is 23.9 Å². The minimum atomic E-state index is 0.422. The van der Waals surface area contributed by atoms with E-state index < -0.39 is 0 Å². The summed E-state index contributed by atoms with van der Waals surface area (Å²) in [7, 11) is 1.88. The fourth-order valence-corrected chi connectivity index (χ4v) is 1.28. The van der Waals surface area contributed by atoms with Crippen LogP contribution in [0.1, 0.15) is 10.5 Å². The Morgan fingerprint density at radius 1 is 1.43 bits per heavy atom. The quantitative estimate of drug-likeness (QED) is 0.665. The van der Waals surface area contributed by atoms with Crippen molar-refractivity contribution in [2.45, 2.75) is 0 Å². The summed E-state index contributed by atoms with van der Waals surface area (Å²) in [5, 5.41) is 0. The van der Waals surface area contributed by atoms with Gasteiger partial charge < -0.3 is 4.57 Å². The maximum absolute atomic E-state index is 10.7. The fraction of sp³-hybridized carbons (Fsp3) is 0.100. The van der Waals surface area contributed by atoms with Gasteiger partial charge in [0.15, 0.2) is 6.29 Å². The van der Waals surface area contributed by atoms with Gasteiger partial charge in [-0.1, -0.05) is 0 Å². The summed E-state index contributed by atoms with van der Waals surface area (Å²) in [6.45, 7) is 0. The van der Waals surface area contributed by atoms with Gasteiger partial charge in [-0.3, -0.25) is 9.78 Å². The third-order valence-electron chi connectivity index (χ3n) is 1.93. The summed E-state index contributed by atoms with van der Waals surface area (Å²) in [4.78, 5) is 18.8. The number of rotatable bonds is 2. The zero-order valence-corrected chi connectivity index (χ0v) is 7.71. The van der Waals surface area contributed by atoms with E-state index in [1.165, 1.54) is 0 Å². The number of hydrogen-bond acceptors (Lipinski definition) is 3. The van der Waals surface area contributed by atoms with E-state index in [4.69, 9.17) is 0 Å². The van der Waals surface area contributed by atoms with Gasteiger partial charge in [-0.15, -0.1) is 0 Å². The third-order valence-corrected chi connectivity index (χ3v) is 1.93. The van der Waals surface area contributed by atoms with E-state index in [1.54, 1.807) is 18.6 Å². The minimum absolute atomic E-state index is 0.422. The highest BCUT2D eigenvalue weighted by atomic mass is 16.1. The van der Waals surface area contributed by atoms with Crippen LogP contribution in [0, 0.1) is 0 Å². The Morgan fingerprint density at radius 2 is 2.29 bits per heavy atom. The van der Waals surface area contributed by atoms with Crippen molar-refractivity contribution >= 4 is 6.29 Å². The Balaban J connectivity index is 2.55. The van der Waals surface area contributed by atoms with Crippen LogP contribution in [0.3, 0.4) is 0 Å². The first-order valence-corrected chi connectivity index (χ1v) is 4.20. The average Bonchev–Trinajstić information content (AvgIpc) is 2.65. The first kappa shape index (κ1) is 8.62. The number of carbonyl (C=O) groups excluding carboxylic acids is 1. The highest BCUT2D eigenvalue weighted by Gasteiger charge is 2.06. The van der Waals surface area contributed by atoms with Crippen molar-refractivity contribution in [2.24, 2.45) is 7.05 Å². The van der Waals surface area contributed by atoms with Gasteiger partial charge in [0.2, 0.25) is 0 Å². The Kier molecular flexibility index (Phi) is 2.10. The highest BCUT2D eigenvalue weighted by molar-refractivity contribution is 5.83. The number of aldehydes is 1. The number of nitrogens with zero attached hydrogens (tertiary/aromatic N) is 3. The van der Waals surface area contributed by atoms with Crippen LogP contribution in [0.4, 0.5) is 0 Å². The lowest BCUT2D eigenvalue weighted by Gasteiger charge is -1.98. The number of aromatic nitrogens is 3. The molecule has 0 aromatic carbocycles. The molecule has 0 aliphatic rings. The Morgan fingerprint density at radius 3 is 2.93 bits per heavy atom. The second-order valence-electron chi connectivity index (χ2n) is 2.98. The van der Waals surface area contributed by atoms with E-state index in [-0.39, 0.29) is 0 Å². The predicted molar refractivity (Wildman–Crippen MR) is 51.8 cm³/mol. The molecule has 0 fully saturated rings. The van der Waals surface area contributed by atoms with Crippen molar-refractivity contribution in [1.82, 2.24) is 14.5 Å². The molecule has 0 radical (unpaired) electrons. The van der Waals surface area contributed by atoms with Gasteiger partial charge in [-0.05, 0) is 12.1 Å². The lowest BCUT2D eigenvalue weighted by molar-refractivity contribution is 0.111. The summed E-state index contributed by atoms with van der Waals surface area (Å²) >= 11 is 0. The number of hydrogen-bond donors (Lipinski definition) is 0. The van der Waals surface area contributed by atoms with E-state index >= 15 is 0 Å². The molecule has 0 saturated carbocycles. The molecule has 0 aliphatic carbocycles. The molecule has 0 unspecified atom stereocenters. The standard InChI is InChI=1S/C10H9N3O/c1-13-5-9(12-7-13)8-3-2-4-11-10(8)6-14/h2-7H,1H3. The number of aryl methyl sites for hydroxylation is 1. The van der Waals surface area contributed by atoms with Gasteiger partial charge in [-0.2, -0.15) is 0 Å². The second kappa shape index (κ2) is 3.41. The van der Waals surface area contributed by atoms with Crippen LogP contribution in [0.25, 0.3) is 11.3 Å². The molecular formula is C10H9N3O. The molecule has 70 valence electrons. The molecule has 0 aliphatic heterocycles. The molecule has 4 heteroatoms. The molecule has 2 aromatic heterocycles. The molecule has 0 amide bonds. The van der Waals surface area contributed by atoms with E-state index in [9.17, 15) is 4.79 Å². The van der Waals surface area contributed by atoms with Crippen LogP contribution < -0.4 is 0 Å². The fourth-order valence-electron chi connectivity index (χ4n) is 1.28. The summed E-state index contributed by atoms with van der Waals surface area (Å²) < 4.78 is 1.83. The second-order valence-corrected chi connectivity index (χ2v) is 2.98. The minimum Gasteiger partial charge on any atom is -0.340 e. The van der Waals surface area contributed by atoms with Gasteiger partial charge in [0.1, 0.15) is 5.69 Å². The highest BCUT2D eigenvalue weighted by Crippen LogP contribution is 2.18. The van der Waals surface area contributed by atoms with Crippen molar-refractivity contribution in [3.8, 4) is 11.3 Å². The Hall–Kier alpha value is -1.97. The Bertz CT molecular complexity index is 462. The molecule has 0 saturated heterocycles. The van der Waals surface area contributed by atoms with Crippen LogP contribution in [0.15, 0.2) is 30.9 Å². The van der Waals surface area contributed by atoms with Crippen LogP contribution in [0.2, 0.25) is 0 Å². The van der Waals surface area contributed by atoms with Gasteiger partial charge >= 0.3 is 0 Å². The SMILES string of the molecule is Cn1cnc(-c2cccnc2C=O)c1. The lowest BCUT2D eigenvalue weighted by atomic mass is 10.1. The molecule has 2 heterocycles. The van der Waals surface area contributed by atoms with Crippen LogP contribution in [-0.2, 0) is 7.05 Å². The van der Waals surface area contributed by atoms with E-state index in [0.717, 1.165) is 17.5 Å². The van der Waals surface area contributed by atoms with E-state index in [2.05, 4.69) is 9.97 Å². The van der Waals surface area contributed by atoms with Crippen molar-refractivity contribution < 1.29 is 4.79 Å². The van der Waals surface area contributed by atoms with Crippen LogP contribution in [0.5, 0.6) is 0 Å². The first-order valence-electron chi connectivity index (χ1n) is 4.20. The maximum atomic E-state index is 10.7. The molecule has 0 bridgehead atoms. The van der Waals surface area contributed by atoms with Crippen LogP contribution in [-0.4, -0.2) is 20.8 Å². The van der Waals surface area contributed by atoms with Crippen molar-refractivity contribution in [2.75, 3.05) is 0 Å².